The summed E-state index contributed by atoms with van der Waals surface area (Å²) in [4.78, 5) is 4.31. The number of methoxy groups -OCH3 is 1. The predicted molar refractivity (Wildman–Crippen MR) is 76.6 cm³/mol. The molecule has 0 atom stereocenters. The van der Waals surface area contributed by atoms with Gasteiger partial charge in [-0.1, -0.05) is 22.9 Å². The van der Waals surface area contributed by atoms with Crippen molar-refractivity contribution in [2.45, 2.75) is 13.3 Å². The van der Waals surface area contributed by atoms with Crippen LogP contribution in [0.3, 0.4) is 0 Å². The van der Waals surface area contributed by atoms with Crippen molar-refractivity contribution in [3.05, 3.63) is 35.1 Å². The van der Waals surface area contributed by atoms with Crippen LogP contribution in [-0.2, 0) is 0 Å². The van der Waals surface area contributed by atoms with Crippen molar-refractivity contribution in [1.29, 1.82) is 0 Å². The molecule has 0 aliphatic rings. The molecule has 2 aromatic rings. The zero-order chi connectivity index (χ0) is 13.0. The van der Waals surface area contributed by atoms with Crippen LogP contribution in [0.4, 0.5) is 5.95 Å². The Labute approximate surface area is 115 Å². The van der Waals surface area contributed by atoms with Crippen LogP contribution in [-0.4, -0.2) is 23.2 Å². The van der Waals surface area contributed by atoms with E-state index in [1.54, 1.807) is 13.3 Å². The van der Waals surface area contributed by atoms with Gasteiger partial charge in [-0.25, -0.2) is 4.98 Å². The third kappa shape index (κ3) is 2.85. The van der Waals surface area contributed by atoms with Crippen LogP contribution in [0, 0.1) is 0 Å². The van der Waals surface area contributed by atoms with E-state index >= 15 is 0 Å². The Morgan fingerprint density at radius 3 is 2.94 bits per heavy atom. The topological polar surface area (TPSA) is 39.1 Å². The Morgan fingerprint density at radius 1 is 1.39 bits per heavy atom. The molecule has 1 aromatic carbocycles. The van der Waals surface area contributed by atoms with Gasteiger partial charge in [0.05, 0.1) is 12.8 Å². The summed E-state index contributed by atoms with van der Waals surface area (Å²) in [5.41, 5.74) is 1.01. The third-order valence-corrected chi connectivity index (χ3v) is 3.00. The van der Waals surface area contributed by atoms with E-state index in [1.807, 2.05) is 29.0 Å². The Balaban J connectivity index is 2.36. The van der Waals surface area contributed by atoms with Crippen LogP contribution in [0.25, 0.3) is 5.69 Å². The highest BCUT2D eigenvalue weighted by molar-refractivity contribution is 9.10. The number of anilines is 1. The molecule has 0 radical (unpaired) electrons. The molecular formula is C13H16BrN3O. The second-order valence-corrected chi connectivity index (χ2v) is 4.81. The van der Waals surface area contributed by atoms with Crippen molar-refractivity contribution in [3.8, 4) is 11.4 Å². The maximum Gasteiger partial charge on any atom is 0.207 e. The summed E-state index contributed by atoms with van der Waals surface area (Å²) in [6, 6.07) is 5.93. The van der Waals surface area contributed by atoms with Crippen LogP contribution in [0.1, 0.15) is 13.3 Å². The number of halogens is 1. The van der Waals surface area contributed by atoms with E-state index in [0.717, 1.165) is 34.8 Å². The molecule has 18 heavy (non-hydrogen) atoms. The van der Waals surface area contributed by atoms with Gasteiger partial charge in [0, 0.05) is 29.5 Å². The third-order valence-electron chi connectivity index (χ3n) is 2.54. The van der Waals surface area contributed by atoms with Crippen molar-refractivity contribution >= 4 is 21.9 Å². The summed E-state index contributed by atoms with van der Waals surface area (Å²) < 4.78 is 8.25. The first-order valence-electron chi connectivity index (χ1n) is 5.86. The molecule has 0 bridgehead atoms. The highest BCUT2D eigenvalue weighted by Gasteiger charge is 2.06. The standard InChI is InChI=1S/C13H16BrN3O/c1-3-4-15-13-16-5-6-17(13)11-7-10(14)8-12(9-11)18-2/h5-9H,3-4H2,1-2H3,(H,15,16). The van der Waals surface area contributed by atoms with Crippen molar-refractivity contribution < 1.29 is 4.74 Å². The van der Waals surface area contributed by atoms with Gasteiger partial charge in [0.25, 0.3) is 0 Å². The quantitative estimate of drug-likeness (QED) is 0.919. The maximum atomic E-state index is 5.27. The molecule has 0 saturated carbocycles. The van der Waals surface area contributed by atoms with Gasteiger partial charge in [0.15, 0.2) is 0 Å². The van der Waals surface area contributed by atoms with Crippen LogP contribution < -0.4 is 10.1 Å². The lowest BCUT2D eigenvalue weighted by Gasteiger charge is -2.11. The van der Waals surface area contributed by atoms with Crippen LogP contribution in [0.15, 0.2) is 35.1 Å². The lowest BCUT2D eigenvalue weighted by molar-refractivity contribution is 0.414. The number of hydrogen-bond donors (Lipinski definition) is 1. The highest BCUT2D eigenvalue weighted by atomic mass is 79.9. The fourth-order valence-electron chi connectivity index (χ4n) is 1.68. The monoisotopic (exact) mass is 309 g/mol. The fourth-order valence-corrected chi connectivity index (χ4v) is 2.14. The van der Waals surface area contributed by atoms with Gasteiger partial charge in [-0.3, -0.25) is 4.57 Å². The second-order valence-electron chi connectivity index (χ2n) is 3.90. The molecule has 0 spiro atoms. The highest BCUT2D eigenvalue weighted by Crippen LogP contribution is 2.25. The molecule has 0 aliphatic heterocycles. The van der Waals surface area contributed by atoms with Crippen LogP contribution >= 0.6 is 15.9 Å². The van der Waals surface area contributed by atoms with Gasteiger partial charge in [0.2, 0.25) is 5.95 Å². The molecule has 2 rings (SSSR count). The Bertz CT molecular complexity index is 525. The van der Waals surface area contributed by atoms with E-state index in [0.29, 0.717) is 0 Å². The average molecular weight is 310 g/mol. The SMILES string of the molecule is CCCNc1nccn1-c1cc(Br)cc(OC)c1. The summed E-state index contributed by atoms with van der Waals surface area (Å²) >= 11 is 3.48. The Morgan fingerprint density at radius 2 is 2.22 bits per heavy atom. The molecule has 0 amide bonds. The molecule has 0 saturated heterocycles. The Kier molecular flexibility index (Phi) is 4.25. The van der Waals surface area contributed by atoms with E-state index in [4.69, 9.17) is 4.74 Å². The minimum atomic E-state index is 0.814. The Hall–Kier alpha value is -1.49. The number of ether oxygens (including phenoxy) is 1. The predicted octanol–water partition coefficient (Wildman–Crippen LogP) is 3.47. The lowest BCUT2D eigenvalue weighted by atomic mass is 10.3. The molecule has 0 fully saturated rings. The molecular weight excluding hydrogens is 294 g/mol. The summed E-state index contributed by atoms with van der Waals surface area (Å²) in [5.74, 6) is 1.66. The molecule has 0 aliphatic carbocycles. The lowest BCUT2D eigenvalue weighted by Crippen LogP contribution is -2.06. The van der Waals surface area contributed by atoms with Crippen molar-refractivity contribution in [1.82, 2.24) is 9.55 Å². The minimum absolute atomic E-state index is 0.814. The fraction of sp³-hybridized carbons (Fsp3) is 0.308. The largest absolute Gasteiger partial charge is 0.497 e. The molecule has 1 N–H and O–H groups in total. The molecule has 4 nitrogen and oxygen atoms in total. The molecule has 96 valence electrons. The maximum absolute atomic E-state index is 5.27. The van der Waals surface area contributed by atoms with E-state index in [2.05, 4.69) is 33.2 Å². The smallest absolute Gasteiger partial charge is 0.207 e. The number of nitrogens with one attached hydrogen (secondary N) is 1. The summed E-state index contributed by atoms with van der Waals surface area (Å²) in [6.45, 7) is 3.03. The van der Waals surface area contributed by atoms with Gasteiger partial charge < -0.3 is 10.1 Å². The molecule has 1 heterocycles. The molecule has 0 unspecified atom stereocenters. The number of hydrogen-bond acceptors (Lipinski definition) is 3. The first-order chi connectivity index (χ1) is 8.74. The summed E-state index contributed by atoms with van der Waals surface area (Å²) in [5, 5.41) is 3.29. The van der Waals surface area contributed by atoms with E-state index in [9.17, 15) is 0 Å². The summed E-state index contributed by atoms with van der Waals surface area (Å²) in [6.07, 6.45) is 4.78. The van der Waals surface area contributed by atoms with E-state index < -0.39 is 0 Å². The summed E-state index contributed by atoms with van der Waals surface area (Å²) in [7, 11) is 1.66. The normalized spacial score (nSPS) is 10.4. The first kappa shape index (κ1) is 13.0. The van der Waals surface area contributed by atoms with Crippen molar-refractivity contribution in [2.24, 2.45) is 0 Å². The van der Waals surface area contributed by atoms with Crippen molar-refractivity contribution in [3.63, 3.8) is 0 Å². The number of rotatable bonds is 5. The van der Waals surface area contributed by atoms with Gasteiger partial charge in [-0.15, -0.1) is 0 Å². The number of aromatic nitrogens is 2. The molecule has 5 heteroatoms. The van der Waals surface area contributed by atoms with E-state index in [-0.39, 0.29) is 0 Å². The van der Waals surface area contributed by atoms with Crippen molar-refractivity contribution in [2.75, 3.05) is 19.0 Å². The number of nitrogens with zero attached hydrogens (tertiary/aromatic N) is 2. The average Bonchev–Trinajstić information content (AvgIpc) is 2.83. The zero-order valence-corrected chi connectivity index (χ0v) is 12.1. The second kappa shape index (κ2) is 5.91. The van der Waals surface area contributed by atoms with Crippen LogP contribution in [0.5, 0.6) is 5.75 Å². The number of imidazole rings is 1. The van der Waals surface area contributed by atoms with Crippen LogP contribution in [0.2, 0.25) is 0 Å². The van der Waals surface area contributed by atoms with Gasteiger partial charge in [-0.2, -0.15) is 0 Å². The molecule has 1 aromatic heterocycles. The van der Waals surface area contributed by atoms with Gasteiger partial charge in [-0.05, 0) is 18.6 Å². The zero-order valence-electron chi connectivity index (χ0n) is 10.5. The minimum Gasteiger partial charge on any atom is -0.497 e. The van der Waals surface area contributed by atoms with E-state index in [1.165, 1.54) is 0 Å². The first-order valence-corrected chi connectivity index (χ1v) is 6.66. The number of benzene rings is 1. The van der Waals surface area contributed by atoms with Gasteiger partial charge in [0.1, 0.15) is 5.75 Å². The van der Waals surface area contributed by atoms with Gasteiger partial charge >= 0.3 is 0 Å².